The number of hydrazine groups is 1. The molecular formula is C12H11Cl3N2. The normalized spacial score (nSPS) is 15.1. The van der Waals surface area contributed by atoms with Gasteiger partial charge in [0.25, 0.3) is 0 Å². The minimum atomic E-state index is 0.561. The Hall–Kier alpha value is -0.830. The van der Waals surface area contributed by atoms with Crippen molar-refractivity contribution in [1.82, 2.24) is 10.4 Å². The van der Waals surface area contributed by atoms with E-state index in [9.17, 15) is 0 Å². The van der Waals surface area contributed by atoms with E-state index in [0.717, 1.165) is 18.0 Å². The summed E-state index contributed by atoms with van der Waals surface area (Å²) in [6.07, 6.45) is 4.35. The lowest BCUT2D eigenvalue weighted by Gasteiger charge is -2.27. The predicted octanol–water partition coefficient (Wildman–Crippen LogP) is 3.86. The number of benzene rings is 1. The van der Waals surface area contributed by atoms with Gasteiger partial charge < -0.3 is 0 Å². The number of nitrogens with one attached hydrogen (secondary N) is 1. The molecule has 1 aromatic rings. The van der Waals surface area contributed by atoms with Crippen LogP contribution in [-0.4, -0.2) is 11.6 Å². The Morgan fingerprint density at radius 1 is 1.00 bits per heavy atom. The summed E-state index contributed by atoms with van der Waals surface area (Å²) in [6.45, 7) is 0.737. The Bertz CT molecular complexity index is 451. The molecule has 0 fully saturated rings. The SMILES string of the molecule is ClC1=CC=C(Cl)N(CCc2ccc(Cl)cc2)N1. The number of hydrogen-bond acceptors (Lipinski definition) is 2. The molecule has 0 unspecified atom stereocenters. The van der Waals surface area contributed by atoms with Crippen molar-refractivity contribution in [1.29, 1.82) is 0 Å². The molecule has 90 valence electrons. The van der Waals surface area contributed by atoms with Gasteiger partial charge in [-0.15, -0.1) is 0 Å². The number of nitrogens with zero attached hydrogens (tertiary/aromatic N) is 1. The van der Waals surface area contributed by atoms with Crippen LogP contribution < -0.4 is 5.43 Å². The molecule has 1 N–H and O–H groups in total. The van der Waals surface area contributed by atoms with Gasteiger partial charge in [0.1, 0.15) is 10.3 Å². The van der Waals surface area contributed by atoms with E-state index in [1.165, 1.54) is 5.56 Å². The zero-order valence-electron chi connectivity index (χ0n) is 8.96. The molecule has 1 heterocycles. The van der Waals surface area contributed by atoms with Crippen molar-refractivity contribution in [2.45, 2.75) is 6.42 Å². The molecule has 0 spiro atoms. The Labute approximate surface area is 115 Å². The Balaban J connectivity index is 1.93. The summed E-state index contributed by atoms with van der Waals surface area (Å²) in [4.78, 5) is 0. The van der Waals surface area contributed by atoms with Crippen LogP contribution in [0.5, 0.6) is 0 Å². The monoisotopic (exact) mass is 288 g/mol. The van der Waals surface area contributed by atoms with E-state index in [0.29, 0.717) is 10.3 Å². The fourth-order valence-electron chi connectivity index (χ4n) is 1.51. The van der Waals surface area contributed by atoms with Crippen molar-refractivity contribution < 1.29 is 0 Å². The van der Waals surface area contributed by atoms with Crippen LogP contribution in [0.3, 0.4) is 0 Å². The molecule has 17 heavy (non-hydrogen) atoms. The first-order chi connectivity index (χ1) is 8.15. The zero-order chi connectivity index (χ0) is 12.3. The molecule has 2 rings (SSSR count). The molecule has 0 amide bonds. The minimum Gasteiger partial charge on any atom is -0.287 e. The molecule has 2 nitrogen and oxygen atoms in total. The van der Waals surface area contributed by atoms with Crippen LogP contribution in [0.1, 0.15) is 5.56 Å². The van der Waals surface area contributed by atoms with E-state index in [2.05, 4.69) is 5.43 Å². The first kappa shape index (κ1) is 12.6. The average molecular weight is 290 g/mol. The second-order valence-corrected chi connectivity index (χ2v) is 4.87. The number of halogens is 3. The quantitative estimate of drug-likeness (QED) is 0.850. The standard InChI is InChI=1S/C12H11Cl3N2/c13-10-3-1-9(2-4-10)7-8-17-12(15)6-5-11(14)16-17/h1-6,16H,7-8H2. The highest BCUT2D eigenvalue weighted by molar-refractivity contribution is 6.31. The molecule has 0 bridgehead atoms. The summed E-state index contributed by atoms with van der Waals surface area (Å²) in [7, 11) is 0. The van der Waals surface area contributed by atoms with Crippen molar-refractivity contribution >= 4 is 34.8 Å². The van der Waals surface area contributed by atoms with Gasteiger partial charge >= 0.3 is 0 Å². The van der Waals surface area contributed by atoms with Crippen molar-refractivity contribution in [3.63, 3.8) is 0 Å². The van der Waals surface area contributed by atoms with E-state index in [1.54, 1.807) is 17.2 Å². The molecule has 1 aromatic carbocycles. The predicted molar refractivity (Wildman–Crippen MR) is 72.9 cm³/mol. The summed E-state index contributed by atoms with van der Waals surface area (Å²) in [5.41, 5.74) is 4.18. The first-order valence-electron chi connectivity index (χ1n) is 5.17. The lowest BCUT2D eigenvalue weighted by atomic mass is 10.1. The van der Waals surface area contributed by atoms with E-state index in [1.807, 2.05) is 24.3 Å². The Kier molecular flexibility index (Phi) is 4.21. The van der Waals surface area contributed by atoms with Crippen molar-refractivity contribution in [2.24, 2.45) is 0 Å². The average Bonchev–Trinajstić information content (AvgIpc) is 2.32. The van der Waals surface area contributed by atoms with Gasteiger partial charge in [-0.2, -0.15) is 0 Å². The molecule has 0 saturated carbocycles. The van der Waals surface area contributed by atoms with Crippen LogP contribution in [0.25, 0.3) is 0 Å². The van der Waals surface area contributed by atoms with Gasteiger partial charge in [-0.3, -0.25) is 10.4 Å². The number of allylic oxidation sites excluding steroid dienone is 2. The van der Waals surface area contributed by atoms with Crippen LogP contribution in [0.4, 0.5) is 0 Å². The van der Waals surface area contributed by atoms with Crippen LogP contribution in [0.15, 0.2) is 46.7 Å². The maximum atomic E-state index is 6.04. The summed E-state index contributed by atoms with van der Waals surface area (Å²) >= 11 is 17.7. The van der Waals surface area contributed by atoms with Crippen LogP contribution in [0, 0.1) is 0 Å². The van der Waals surface area contributed by atoms with Crippen molar-refractivity contribution in [2.75, 3.05) is 6.54 Å². The molecule has 5 heteroatoms. The highest BCUT2D eigenvalue weighted by Gasteiger charge is 2.11. The third-order valence-electron chi connectivity index (χ3n) is 2.40. The summed E-state index contributed by atoms with van der Waals surface area (Å²) < 4.78 is 0. The third kappa shape index (κ3) is 3.56. The van der Waals surface area contributed by atoms with E-state index in [-0.39, 0.29) is 0 Å². The largest absolute Gasteiger partial charge is 0.287 e. The summed E-state index contributed by atoms with van der Waals surface area (Å²) in [6, 6.07) is 7.76. The summed E-state index contributed by atoms with van der Waals surface area (Å²) in [5.74, 6) is 0. The molecule has 0 aliphatic carbocycles. The van der Waals surface area contributed by atoms with Crippen LogP contribution >= 0.6 is 34.8 Å². The third-order valence-corrected chi connectivity index (χ3v) is 3.20. The van der Waals surface area contributed by atoms with Crippen LogP contribution in [0.2, 0.25) is 5.02 Å². The minimum absolute atomic E-state index is 0.561. The second kappa shape index (κ2) is 5.67. The van der Waals surface area contributed by atoms with Gasteiger partial charge in [-0.25, -0.2) is 0 Å². The fourth-order valence-corrected chi connectivity index (χ4v) is 1.99. The zero-order valence-corrected chi connectivity index (χ0v) is 11.2. The maximum absolute atomic E-state index is 6.04. The van der Waals surface area contributed by atoms with E-state index in [4.69, 9.17) is 34.8 Å². The van der Waals surface area contributed by atoms with Crippen molar-refractivity contribution in [3.05, 3.63) is 57.3 Å². The lowest BCUT2D eigenvalue weighted by molar-refractivity contribution is 0.300. The van der Waals surface area contributed by atoms with Gasteiger partial charge in [-0.1, -0.05) is 46.9 Å². The van der Waals surface area contributed by atoms with Gasteiger partial charge in [0.15, 0.2) is 0 Å². The Morgan fingerprint density at radius 2 is 1.71 bits per heavy atom. The molecule has 1 aliphatic rings. The van der Waals surface area contributed by atoms with Crippen LogP contribution in [-0.2, 0) is 6.42 Å². The molecule has 0 atom stereocenters. The first-order valence-corrected chi connectivity index (χ1v) is 6.30. The smallest absolute Gasteiger partial charge is 0.123 e. The fraction of sp³-hybridized carbons (Fsp3) is 0.167. The highest BCUT2D eigenvalue weighted by Crippen LogP contribution is 2.17. The van der Waals surface area contributed by atoms with E-state index >= 15 is 0 Å². The number of hydrogen-bond donors (Lipinski definition) is 1. The van der Waals surface area contributed by atoms with Gasteiger partial charge in [0, 0.05) is 11.6 Å². The van der Waals surface area contributed by atoms with Crippen molar-refractivity contribution in [3.8, 4) is 0 Å². The highest BCUT2D eigenvalue weighted by atomic mass is 35.5. The molecule has 0 saturated heterocycles. The lowest BCUT2D eigenvalue weighted by Crippen LogP contribution is -2.37. The van der Waals surface area contributed by atoms with Gasteiger partial charge in [-0.05, 0) is 36.3 Å². The van der Waals surface area contributed by atoms with E-state index < -0.39 is 0 Å². The second-order valence-electron chi connectivity index (χ2n) is 3.64. The molecule has 0 radical (unpaired) electrons. The maximum Gasteiger partial charge on any atom is 0.123 e. The topological polar surface area (TPSA) is 15.3 Å². The molecule has 0 aromatic heterocycles. The number of rotatable bonds is 3. The van der Waals surface area contributed by atoms with Gasteiger partial charge in [0.05, 0.1) is 0 Å². The van der Waals surface area contributed by atoms with Gasteiger partial charge in [0.2, 0.25) is 0 Å². The Morgan fingerprint density at radius 3 is 2.41 bits per heavy atom. The molecule has 1 aliphatic heterocycles. The summed E-state index contributed by atoms with van der Waals surface area (Å²) in [5, 5.41) is 3.74. The molecular weight excluding hydrogens is 279 g/mol.